The van der Waals surface area contributed by atoms with E-state index in [1.54, 1.807) is 6.07 Å². The first-order valence-corrected chi connectivity index (χ1v) is 6.08. The molecule has 18 heavy (non-hydrogen) atoms. The molecule has 0 atom stereocenters. The number of aromatic hydroxyl groups is 2. The Morgan fingerprint density at radius 3 is 2.33 bits per heavy atom. The van der Waals surface area contributed by atoms with Gasteiger partial charge >= 0.3 is 0 Å². The largest absolute Gasteiger partial charge is 0.504 e. The molecule has 0 saturated carbocycles. The van der Waals surface area contributed by atoms with Gasteiger partial charge in [-0.2, -0.15) is 10.2 Å². The Morgan fingerprint density at radius 2 is 1.67 bits per heavy atom. The summed E-state index contributed by atoms with van der Waals surface area (Å²) >= 11 is 3.34. The Balaban J connectivity index is 2.02. The van der Waals surface area contributed by atoms with Gasteiger partial charge in [-0.25, -0.2) is 0 Å². The summed E-state index contributed by atoms with van der Waals surface area (Å²) < 4.78 is 0.991. The van der Waals surface area contributed by atoms with Gasteiger partial charge in [-0.3, -0.25) is 0 Å². The van der Waals surface area contributed by atoms with Gasteiger partial charge in [-0.05, 0) is 42.0 Å². The van der Waals surface area contributed by atoms with Gasteiger partial charge in [-0.15, -0.1) is 0 Å². The molecular weight excluding hydrogens is 296 g/mol. The highest BCUT2D eigenvalue weighted by molar-refractivity contribution is 9.10. The maximum absolute atomic E-state index is 9.32. The van der Waals surface area contributed by atoms with E-state index in [9.17, 15) is 5.11 Å². The van der Waals surface area contributed by atoms with Crippen molar-refractivity contribution in [2.45, 2.75) is 6.54 Å². The third-order valence-electron chi connectivity index (χ3n) is 2.31. The van der Waals surface area contributed by atoms with Crippen LogP contribution < -0.4 is 0 Å². The lowest BCUT2D eigenvalue weighted by Gasteiger charge is -1.99. The fourth-order valence-corrected chi connectivity index (χ4v) is 1.64. The summed E-state index contributed by atoms with van der Waals surface area (Å²) in [6, 6.07) is 12.1. The highest BCUT2D eigenvalue weighted by Crippen LogP contribution is 2.25. The van der Waals surface area contributed by atoms with Crippen LogP contribution in [0.4, 0.5) is 5.69 Å². The minimum absolute atomic E-state index is 0.136. The van der Waals surface area contributed by atoms with E-state index in [0.717, 1.165) is 15.7 Å². The predicted molar refractivity (Wildman–Crippen MR) is 72.1 cm³/mol. The molecule has 2 N–H and O–H groups in total. The zero-order valence-corrected chi connectivity index (χ0v) is 11.0. The SMILES string of the molecule is Oc1ccc(CN=Nc2ccc(Br)cc2)cc1O. The summed E-state index contributed by atoms with van der Waals surface area (Å²) in [5, 5.41) is 26.6. The molecule has 0 fully saturated rings. The number of hydrogen-bond donors (Lipinski definition) is 2. The number of azo groups is 1. The topological polar surface area (TPSA) is 65.2 Å². The summed E-state index contributed by atoms with van der Waals surface area (Å²) in [5.74, 6) is -0.282. The maximum atomic E-state index is 9.32. The van der Waals surface area contributed by atoms with E-state index in [-0.39, 0.29) is 11.5 Å². The first kappa shape index (κ1) is 12.6. The first-order valence-electron chi connectivity index (χ1n) is 5.29. The molecule has 0 aromatic heterocycles. The van der Waals surface area contributed by atoms with Crippen molar-refractivity contribution in [3.8, 4) is 11.5 Å². The second kappa shape index (κ2) is 5.64. The van der Waals surface area contributed by atoms with Gasteiger partial charge in [0.1, 0.15) is 0 Å². The lowest BCUT2D eigenvalue weighted by atomic mass is 10.2. The fourth-order valence-electron chi connectivity index (χ4n) is 1.37. The average Bonchev–Trinajstić information content (AvgIpc) is 2.36. The van der Waals surface area contributed by atoms with Crippen molar-refractivity contribution in [2.24, 2.45) is 10.2 Å². The molecule has 0 aliphatic rings. The lowest BCUT2D eigenvalue weighted by Crippen LogP contribution is -1.80. The van der Waals surface area contributed by atoms with Crippen molar-refractivity contribution in [1.82, 2.24) is 0 Å². The second-order valence-corrected chi connectivity index (χ2v) is 4.61. The van der Waals surface area contributed by atoms with Gasteiger partial charge < -0.3 is 10.2 Å². The van der Waals surface area contributed by atoms with E-state index in [4.69, 9.17) is 5.11 Å². The molecule has 0 unspecified atom stereocenters. The summed E-state index contributed by atoms with van der Waals surface area (Å²) in [6.07, 6.45) is 0. The van der Waals surface area contributed by atoms with Gasteiger partial charge in [0.05, 0.1) is 12.2 Å². The number of halogens is 1. The van der Waals surface area contributed by atoms with Crippen LogP contribution in [0.25, 0.3) is 0 Å². The normalized spacial score (nSPS) is 10.9. The lowest BCUT2D eigenvalue weighted by molar-refractivity contribution is 0.403. The van der Waals surface area contributed by atoms with Crippen LogP contribution in [0.2, 0.25) is 0 Å². The van der Waals surface area contributed by atoms with E-state index in [2.05, 4.69) is 26.2 Å². The molecule has 5 heteroatoms. The molecule has 2 aromatic carbocycles. The van der Waals surface area contributed by atoms with Gasteiger partial charge in [0.2, 0.25) is 0 Å². The van der Waals surface area contributed by atoms with Crippen LogP contribution in [-0.4, -0.2) is 10.2 Å². The van der Waals surface area contributed by atoms with Gasteiger partial charge in [0, 0.05) is 4.47 Å². The molecule has 0 radical (unpaired) electrons. The Hall–Kier alpha value is -1.88. The molecule has 0 heterocycles. The Bertz CT molecular complexity index is 568. The summed E-state index contributed by atoms with van der Waals surface area (Å²) in [5.41, 5.74) is 1.55. The van der Waals surface area contributed by atoms with Crippen LogP contribution in [0.3, 0.4) is 0 Å². The maximum Gasteiger partial charge on any atom is 0.157 e. The molecular formula is C13H11BrN2O2. The zero-order chi connectivity index (χ0) is 13.0. The van der Waals surface area contributed by atoms with Gasteiger partial charge in [0.15, 0.2) is 11.5 Å². The van der Waals surface area contributed by atoms with Crippen molar-refractivity contribution in [1.29, 1.82) is 0 Å². The summed E-state index contributed by atoms with van der Waals surface area (Å²) in [4.78, 5) is 0. The third kappa shape index (κ3) is 3.30. The molecule has 0 saturated heterocycles. The van der Waals surface area contributed by atoms with Gasteiger partial charge in [-0.1, -0.05) is 22.0 Å². The van der Waals surface area contributed by atoms with Gasteiger partial charge in [0.25, 0.3) is 0 Å². The minimum atomic E-state index is -0.147. The third-order valence-corrected chi connectivity index (χ3v) is 2.83. The molecule has 0 aliphatic heterocycles. The highest BCUT2D eigenvalue weighted by atomic mass is 79.9. The van der Waals surface area contributed by atoms with Crippen LogP contribution in [0.1, 0.15) is 5.56 Å². The molecule has 92 valence electrons. The number of hydrogen-bond acceptors (Lipinski definition) is 4. The van der Waals surface area contributed by atoms with Crippen LogP contribution in [-0.2, 0) is 6.54 Å². The molecule has 0 amide bonds. The molecule has 2 aromatic rings. The van der Waals surface area contributed by atoms with E-state index in [0.29, 0.717) is 6.54 Å². The van der Waals surface area contributed by atoms with Crippen molar-refractivity contribution in [3.05, 3.63) is 52.5 Å². The molecule has 0 spiro atoms. The first-order chi connectivity index (χ1) is 8.65. The minimum Gasteiger partial charge on any atom is -0.504 e. The van der Waals surface area contributed by atoms with Crippen molar-refractivity contribution in [2.75, 3.05) is 0 Å². The molecule has 0 aliphatic carbocycles. The number of rotatable bonds is 3. The van der Waals surface area contributed by atoms with Crippen LogP contribution in [0, 0.1) is 0 Å². The van der Waals surface area contributed by atoms with Crippen molar-refractivity contribution < 1.29 is 10.2 Å². The van der Waals surface area contributed by atoms with E-state index in [1.165, 1.54) is 12.1 Å². The standard InChI is InChI=1S/C13H11BrN2O2/c14-10-2-4-11(5-3-10)16-15-8-9-1-6-12(17)13(18)7-9/h1-7,17-18H,8H2. The monoisotopic (exact) mass is 306 g/mol. The quantitative estimate of drug-likeness (QED) is 0.661. The van der Waals surface area contributed by atoms with E-state index in [1.807, 2.05) is 24.3 Å². The van der Waals surface area contributed by atoms with Crippen molar-refractivity contribution in [3.63, 3.8) is 0 Å². The Morgan fingerprint density at radius 1 is 0.944 bits per heavy atom. The van der Waals surface area contributed by atoms with Crippen molar-refractivity contribution >= 4 is 21.6 Å². The Labute approximate surface area is 113 Å². The predicted octanol–water partition coefficient (Wildman–Crippen LogP) is 4.14. The smallest absolute Gasteiger partial charge is 0.157 e. The average molecular weight is 307 g/mol. The number of phenolic OH excluding ortho intramolecular Hbond substituents is 2. The number of benzene rings is 2. The number of phenols is 2. The molecule has 2 rings (SSSR count). The Kier molecular flexibility index (Phi) is 3.94. The van der Waals surface area contributed by atoms with E-state index < -0.39 is 0 Å². The fraction of sp³-hybridized carbons (Fsp3) is 0.0769. The molecule has 4 nitrogen and oxygen atoms in total. The van der Waals surface area contributed by atoms with E-state index >= 15 is 0 Å². The number of nitrogens with zero attached hydrogens (tertiary/aromatic N) is 2. The zero-order valence-electron chi connectivity index (χ0n) is 9.42. The second-order valence-electron chi connectivity index (χ2n) is 3.70. The summed E-state index contributed by atoms with van der Waals surface area (Å²) in [6.45, 7) is 0.351. The van der Waals surface area contributed by atoms with Crippen LogP contribution in [0.5, 0.6) is 11.5 Å². The highest BCUT2D eigenvalue weighted by Gasteiger charge is 1.99. The summed E-state index contributed by atoms with van der Waals surface area (Å²) in [7, 11) is 0. The van der Waals surface area contributed by atoms with Crippen LogP contribution >= 0.6 is 15.9 Å². The molecule has 0 bridgehead atoms. The van der Waals surface area contributed by atoms with Crippen LogP contribution in [0.15, 0.2) is 57.2 Å².